The van der Waals surface area contributed by atoms with Crippen molar-refractivity contribution in [1.29, 1.82) is 0 Å². The van der Waals surface area contributed by atoms with Crippen LogP contribution in [0.3, 0.4) is 0 Å². The molecule has 1 atom stereocenters. The number of carbonyl (C=O) groups is 2. The number of hydrogen-bond acceptors (Lipinski definition) is 3. The largest absolute Gasteiger partial charge is 0.497 e. The molecular weight excluding hydrogens is 328 g/mol. The minimum absolute atomic E-state index is 0.0534. The van der Waals surface area contributed by atoms with Crippen molar-refractivity contribution in [3.05, 3.63) is 59.2 Å². The van der Waals surface area contributed by atoms with E-state index in [0.29, 0.717) is 11.3 Å². The van der Waals surface area contributed by atoms with Gasteiger partial charge in [0, 0.05) is 11.3 Å². The summed E-state index contributed by atoms with van der Waals surface area (Å²) in [5.74, 6) is 0.106. The number of amides is 2. The summed E-state index contributed by atoms with van der Waals surface area (Å²) in [7, 11) is 1.57. The monoisotopic (exact) mass is 354 g/mol. The molecule has 2 aromatic rings. The molecule has 0 bridgehead atoms. The summed E-state index contributed by atoms with van der Waals surface area (Å²) >= 11 is 0. The van der Waals surface area contributed by atoms with E-state index in [0.717, 1.165) is 16.8 Å². The van der Waals surface area contributed by atoms with E-state index in [1.165, 1.54) is 0 Å². The van der Waals surface area contributed by atoms with Gasteiger partial charge in [0.2, 0.25) is 5.91 Å². The number of methoxy groups -OCH3 is 1. The maximum Gasteiger partial charge on any atom is 0.251 e. The third kappa shape index (κ3) is 4.85. The number of anilines is 1. The van der Waals surface area contributed by atoms with Crippen LogP contribution in [0.1, 0.15) is 35.3 Å². The molecule has 0 saturated carbocycles. The van der Waals surface area contributed by atoms with Crippen molar-refractivity contribution >= 4 is 17.5 Å². The summed E-state index contributed by atoms with van der Waals surface area (Å²) in [5, 5.41) is 5.77. The molecule has 0 aliphatic rings. The molecule has 0 aromatic heterocycles. The molecule has 0 aliphatic carbocycles. The van der Waals surface area contributed by atoms with Crippen LogP contribution in [0.15, 0.2) is 42.5 Å². The molecular formula is C21H26N2O3. The van der Waals surface area contributed by atoms with E-state index >= 15 is 0 Å². The van der Waals surface area contributed by atoms with E-state index in [9.17, 15) is 9.59 Å². The zero-order valence-corrected chi connectivity index (χ0v) is 15.9. The maximum atomic E-state index is 12.7. The Bertz CT molecular complexity index is 782. The van der Waals surface area contributed by atoms with Gasteiger partial charge in [0.15, 0.2) is 0 Å². The van der Waals surface area contributed by atoms with E-state index in [2.05, 4.69) is 10.6 Å². The minimum atomic E-state index is -0.635. The molecule has 0 spiro atoms. The molecule has 0 heterocycles. The van der Waals surface area contributed by atoms with Crippen molar-refractivity contribution in [2.24, 2.45) is 5.92 Å². The van der Waals surface area contributed by atoms with Crippen molar-refractivity contribution in [2.45, 2.75) is 33.7 Å². The zero-order chi connectivity index (χ0) is 19.3. The van der Waals surface area contributed by atoms with E-state index < -0.39 is 6.04 Å². The highest BCUT2D eigenvalue weighted by Gasteiger charge is 2.25. The third-order valence-corrected chi connectivity index (χ3v) is 4.24. The first-order valence-corrected chi connectivity index (χ1v) is 8.65. The number of hydrogen-bond donors (Lipinski definition) is 2. The minimum Gasteiger partial charge on any atom is -0.497 e. The lowest BCUT2D eigenvalue weighted by Crippen LogP contribution is -2.47. The Hall–Kier alpha value is -2.82. The fourth-order valence-electron chi connectivity index (χ4n) is 2.58. The fraction of sp³-hybridized carbons (Fsp3) is 0.333. The highest BCUT2D eigenvalue weighted by Crippen LogP contribution is 2.18. The van der Waals surface area contributed by atoms with E-state index in [1.807, 2.05) is 45.9 Å². The molecule has 5 nitrogen and oxygen atoms in total. The number of carbonyl (C=O) groups excluding carboxylic acids is 2. The van der Waals surface area contributed by atoms with Crippen molar-refractivity contribution in [1.82, 2.24) is 5.32 Å². The zero-order valence-electron chi connectivity index (χ0n) is 15.9. The highest BCUT2D eigenvalue weighted by atomic mass is 16.5. The summed E-state index contributed by atoms with van der Waals surface area (Å²) in [6.45, 7) is 7.72. The van der Waals surface area contributed by atoms with Gasteiger partial charge in [-0.1, -0.05) is 26.0 Å². The first-order valence-electron chi connectivity index (χ1n) is 8.65. The Labute approximate surface area is 154 Å². The number of nitrogens with one attached hydrogen (secondary N) is 2. The molecule has 0 aliphatic heterocycles. The molecule has 2 aromatic carbocycles. The lowest BCUT2D eigenvalue weighted by molar-refractivity contribution is -0.118. The normalized spacial score (nSPS) is 11.8. The van der Waals surface area contributed by atoms with Gasteiger partial charge in [0.05, 0.1) is 7.11 Å². The summed E-state index contributed by atoms with van der Waals surface area (Å²) in [4.78, 5) is 25.2. The quantitative estimate of drug-likeness (QED) is 0.831. The van der Waals surface area contributed by atoms with Crippen molar-refractivity contribution in [2.75, 3.05) is 12.4 Å². The Morgan fingerprint density at radius 1 is 1.00 bits per heavy atom. The van der Waals surface area contributed by atoms with Crippen LogP contribution in [0, 0.1) is 19.8 Å². The van der Waals surface area contributed by atoms with Crippen molar-refractivity contribution in [3.63, 3.8) is 0 Å². The van der Waals surface area contributed by atoms with Gasteiger partial charge in [0.25, 0.3) is 5.91 Å². The first-order chi connectivity index (χ1) is 12.3. The van der Waals surface area contributed by atoms with Crippen LogP contribution in [0.4, 0.5) is 5.69 Å². The van der Waals surface area contributed by atoms with Gasteiger partial charge in [-0.15, -0.1) is 0 Å². The Balaban J connectivity index is 2.13. The molecule has 2 amide bonds. The van der Waals surface area contributed by atoms with Crippen LogP contribution in [0.2, 0.25) is 0 Å². The Morgan fingerprint density at radius 2 is 1.65 bits per heavy atom. The highest BCUT2D eigenvalue weighted by molar-refractivity contribution is 6.01. The van der Waals surface area contributed by atoms with Crippen LogP contribution in [-0.4, -0.2) is 25.0 Å². The van der Waals surface area contributed by atoms with Gasteiger partial charge in [0.1, 0.15) is 11.8 Å². The van der Waals surface area contributed by atoms with E-state index in [4.69, 9.17) is 4.74 Å². The van der Waals surface area contributed by atoms with Crippen LogP contribution in [0.5, 0.6) is 5.75 Å². The molecule has 2 rings (SSSR count). The van der Waals surface area contributed by atoms with E-state index in [1.54, 1.807) is 31.4 Å². The lowest BCUT2D eigenvalue weighted by Gasteiger charge is -2.22. The van der Waals surface area contributed by atoms with Crippen LogP contribution >= 0.6 is 0 Å². The first kappa shape index (κ1) is 19.5. The molecule has 0 fully saturated rings. The van der Waals surface area contributed by atoms with Crippen molar-refractivity contribution in [3.8, 4) is 5.75 Å². The second-order valence-electron chi connectivity index (χ2n) is 6.73. The van der Waals surface area contributed by atoms with Crippen LogP contribution < -0.4 is 15.4 Å². The maximum absolute atomic E-state index is 12.7. The number of rotatable bonds is 6. The SMILES string of the molecule is COc1ccc(C(=O)N[C@@H](C(=O)Nc2cc(C)ccc2C)C(C)C)cc1. The molecule has 0 radical (unpaired) electrons. The van der Waals surface area contributed by atoms with E-state index in [-0.39, 0.29) is 17.7 Å². The Morgan fingerprint density at radius 3 is 2.23 bits per heavy atom. The van der Waals surface area contributed by atoms with Gasteiger partial charge in [-0.2, -0.15) is 0 Å². The number of benzene rings is 2. The third-order valence-electron chi connectivity index (χ3n) is 4.24. The summed E-state index contributed by atoms with van der Waals surface area (Å²) in [6.07, 6.45) is 0. The molecule has 0 unspecified atom stereocenters. The van der Waals surface area contributed by atoms with Gasteiger partial charge < -0.3 is 15.4 Å². The second-order valence-corrected chi connectivity index (χ2v) is 6.73. The van der Waals surface area contributed by atoms with Crippen molar-refractivity contribution < 1.29 is 14.3 Å². The average molecular weight is 354 g/mol. The van der Waals surface area contributed by atoms with Gasteiger partial charge in [-0.3, -0.25) is 9.59 Å². The summed E-state index contributed by atoms with van der Waals surface area (Å²) < 4.78 is 5.10. The molecule has 5 heteroatoms. The van der Waals surface area contributed by atoms with Gasteiger partial charge in [-0.25, -0.2) is 0 Å². The predicted molar refractivity (Wildman–Crippen MR) is 104 cm³/mol. The molecule has 26 heavy (non-hydrogen) atoms. The standard InChI is InChI=1S/C21H26N2O3/c1-13(2)19(21(25)22-18-12-14(3)6-7-15(18)4)23-20(24)16-8-10-17(26-5)11-9-16/h6-13,19H,1-5H3,(H,22,25)(H,23,24)/t19-/m1/s1. The van der Waals surface area contributed by atoms with Gasteiger partial charge >= 0.3 is 0 Å². The molecule has 0 saturated heterocycles. The topological polar surface area (TPSA) is 67.4 Å². The van der Waals surface area contributed by atoms with Crippen LogP contribution in [0.25, 0.3) is 0 Å². The summed E-state index contributed by atoms with van der Waals surface area (Å²) in [6, 6.07) is 12.0. The van der Waals surface area contributed by atoms with Gasteiger partial charge in [-0.05, 0) is 61.2 Å². The summed E-state index contributed by atoms with van der Waals surface area (Å²) in [5.41, 5.74) is 3.29. The fourth-order valence-corrected chi connectivity index (χ4v) is 2.58. The Kier molecular flexibility index (Phi) is 6.39. The second kappa shape index (κ2) is 8.52. The molecule has 138 valence electrons. The average Bonchev–Trinajstić information content (AvgIpc) is 2.62. The molecule has 2 N–H and O–H groups in total. The predicted octanol–water partition coefficient (Wildman–Crippen LogP) is 3.71. The van der Waals surface area contributed by atoms with Crippen LogP contribution in [-0.2, 0) is 4.79 Å². The number of ether oxygens (including phenoxy) is 1. The lowest BCUT2D eigenvalue weighted by atomic mass is 10.0. The number of aryl methyl sites for hydroxylation is 2. The smallest absolute Gasteiger partial charge is 0.251 e.